The fraction of sp³-hybridized carbons (Fsp3) is 0.444. The van der Waals surface area contributed by atoms with Gasteiger partial charge in [-0.3, -0.25) is 14.4 Å². The largest absolute Gasteiger partial charge is 0.338 e. The molecule has 0 bridgehead atoms. The Morgan fingerprint density at radius 1 is 1.16 bits per heavy atom. The van der Waals surface area contributed by atoms with E-state index in [9.17, 15) is 14.4 Å². The van der Waals surface area contributed by atoms with Crippen molar-refractivity contribution in [3.63, 3.8) is 0 Å². The number of para-hydroxylation sites is 1. The van der Waals surface area contributed by atoms with E-state index in [4.69, 9.17) is 0 Å². The van der Waals surface area contributed by atoms with E-state index in [0.29, 0.717) is 30.4 Å². The highest BCUT2D eigenvalue weighted by molar-refractivity contribution is 5.92. The number of hydrogen-bond donors (Lipinski definition) is 1. The molecule has 25 heavy (non-hydrogen) atoms. The lowest BCUT2D eigenvalue weighted by atomic mass is 10.0. The van der Waals surface area contributed by atoms with Crippen LogP contribution in [0.4, 0.5) is 0 Å². The van der Waals surface area contributed by atoms with Crippen LogP contribution in [0.5, 0.6) is 0 Å². The average molecular weight is 340 g/mol. The zero-order valence-corrected chi connectivity index (χ0v) is 13.9. The first kappa shape index (κ1) is 15.8. The van der Waals surface area contributed by atoms with Crippen molar-refractivity contribution in [2.24, 2.45) is 0 Å². The molecule has 0 radical (unpaired) electrons. The third kappa shape index (κ3) is 2.90. The van der Waals surface area contributed by atoms with E-state index in [1.807, 2.05) is 4.90 Å². The SMILES string of the molecule is O=C(c1nc2ccccc2c(=O)[nH]1)N1CCC[C@@H](N2CCCC2=O)C1. The fourth-order valence-electron chi connectivity index (χ4n) is 3.79. The maximum absolute atomic E-state index is 12.8. The molecule has 2 fully saturated rings. The van der Waals surface area contributed by atoms with E-state index in [-0.39, 0.29) is 29.2 Å². The number of aromatic amines is 1. The van der Waals surface area contributed by atoms with Crippen LogP contribution in [0.25, 0.3) is 10.9 Å². The number of nitrogens with zero attached hydrogens (tertiary/aromatic N) is 3. The molecule has 2 aromatic rings. The number of H-pyrrole nitrogens is 1. The summed E-state index contributed by atoms with van der Waals surface area (Å²) in [5.74, 6) is -0.0344. The summed E-state index contributed by atoms with van der Waals surface area (Å²) in [5.41, 5.74) is 0.204. The lowest BCUT2D eigenvalue weighted by molar-refractivity contribution is -0.130. The first-order chi connectivity index (χ1) is 12.1. The number of benzene rings is 1. The van der Waals surface area contributed by atoms with Crippen LogP contribution in [0.1, 0.15) is 36.3 Å². The van der Waals surface area contributed by atoms with Gasteiger partial charge in [0.1, 0.15) is 0 Å². The summed E-state index contributed by atoms with van der Waals surface area (Å²) in [6.07, 6.45) is 3.25. The van der Waals surface area contributed by atoms with Crippen molar-refractivity contribution in [1.29, 1.82) is 0 Å². The van der Waals surface area contributed by atoms with E-state index < -0.39 is 0 Å². The highest BCUT2D eigenvalue weighted by Crippen LogP contribution is 2.22. The van der Waals surface area contributed by atoms with Crippen LogP contribution < -0.4 is 5.56 Å². The highest BCUT2D eigenvalue weighted by Gasteiger charge is 2.33. The molecule has 1 aromatic carbocycles. The van der Waals surface area contributed by atoms with E-state index in [1.165, 1.54) is 0 Å². The van der Waals surface area contributed by atoms with Crippen LogP contribution in [0, 0.1) is 0 Å². The number of amides is 2. The molecule has 2 aliphatic heterocycles. The summed E-state index contributed by atoms with van der Waals surface area (Å²) in [4.78, 5) is 47.5. The van der Waals surface area contributed by atoms with E-state index in [0.717, 1.165) is 25.8 Å². The fourth-order valence-corrected chi connectivity index (χ4v) is 3.79. The number of nitrogens with one attached hydrogen (secondary N) is 1. The van der Waals surface area contributed by atoms with Crippen LogP contribution in [0.3, 0.4) is 0 Å². The maximum atomic E-state index is 12.8. The van der Waals surface area contributed by atoms with Gasteiger partial charge in [0.15, 0.2) is 5.82 Å². The van der Waals surface area contributed by atoms with Gasteiger partial charge in [-0.15, -0.1) is 0 Å². The van der Waals surface area contributed by atoms with Gasteiger partial charge in [0.2, 0.25) is 5.91 Å². The smallest absolute Gasteiger partial charge is 0.289 e. The minimum atomic E-state index is -0.308. The lowest BCUT2D eigenvalue weighted by Gasteiger charge is -2.37. The quantitative estimate of drug-likeness (QED) is 0.888. The number of rotatable bonds is 2. The molecule has 2 aliphatic rings. The standard InChI is InChI=1S/C18H20N4O3/c23-15-8-4-10-22(15)12-5-3-9-21(11-12)18(25)16-19-14-7-2-1-6-13(14)17(24)20-16/h1-2,6-7,12H,3-5,8-11H2,(H,19,20,24)/t12-/m1/s1. The lowest BCUT2D eigenvalue weighted by Crippen LogP contribution is -2.50. The normalized spacial score (nSPS) is 21.1. The van der Waals surface area contributed by atoms with Crippen molar-refractivity contribution in [2.45, 2.75) is 31.7 Å². The average Bonchev–Trinajstić information content (AvgIpc) is 3.07. The molecular weight excluding hydrogens is 320 g/mol. The Morgan fingerprint density at radius 2 is 2.00 bits per heavy atom. The molecule has 0 spiro atoms. The van der Waals surface area contributed by atoms with Crippen LogP contribution in [0.15, 0.2) is 29.1 Å². The molecule has 0 unspecified atom stereocenters. The Morgan fingerprint density at radius 3 is 2.80 bits per heavy atom. The monoisotopic (exact) mass is 340 g/mol. The van der Waals surface area contributed by atoms with Gasteiger partial charge >= 0.3 is 0 Å². The minimum absolute atomic E-state index is 0.0668. The molecule has 0 aliphatic carbocycles. The van der Waals surface area contributed by atoms with Gasteiger partial charge in [0.25, 0.3) is 11.5 Å². The summed E-state index contributed by atoms with van der Waals surface area (Å²) in [6, 6.07) is 7.04. The number of carbonyl (C=O) groups is 2. The number of aromatic nitrogens is 2. The molecule has 3 heterocycles. The van der Waals surface area contributed by atoms with Crippen LogP contribution in [-0.2, 0) is 4.79 Å². The molecule has 2 amide bonds. The van der Waals surface area contributed by atoms with Crippen LogP contribution in [0.2, 0.25) is 0 Å². The predicted molar refractivity (Wildman–Crippen MR) is 92.2 cm³/mol. The molecular formula is C18H20N4O3. The van der Waals surface area contributed by atoms with Gasteiger partial charge < -0.3 is 14.8 Å². The summed E-state index contributed by atoms with van der Waals surface area (Å²) < 4.78 is 0. The van der Waals surface area contributed by atoms with Gasteiger partial charge in [0, 0.05) is 32.1 Å². The van der Waals surface area contributed by atoms with E-state index in [2.05, 4.69) is 9.97 Å². The molecule has 130 valence electrons. The Hall–Kier alpha value is -2.70. The third-order valence-corrected chi connectivity index (χ3v) is 5.05. The first-order valence-corrected chi connectivity index (χ1v) is 8.71. The molecule has 7 nitrogen and oxygen atoms in total. The second-order valence-corrected chi connectivity index (χ2v) is 6.67. The van der Waals surface area contributed by atoms with Crippen molar-refractivity contribution >= 4 is 22.7 Å². The Kier molecular flexibility index (Phi) is 3.99. The molecule has 1 N–H and O–H groups in total. The molecule has 4 rings (SSSR count). The van der Waals surface area contributed by atoms with Crippen molar-refractivity contribution < 1.29 is 9.59 Å². The van der Waals surface area contributed by atoms with Crippen molar-refractivity contribution in [3.05, 3.63) is 40.4 Å². The minimum Gasteiger partial charge on any atom is -0.338 e. The summed E-state index contributed by atoms with van der Waals surface area (Å²) >= 11 is 0. The van der Waals surface area contributed by atoms with Crippen LogP contribution >= 0.6 is 0 Å². The van der Waals surface area contributed by atoms with Crippen LogP contribution in [-0.4, -0.2) is 57.3 Å². The Balaban J connectivity index is 1.58. The number of carbonyl (C=O) groups excluding carboxylic acids is 2. The van der Waals surface area contributed by atoms with E-state index in [1.54, 1.807) is 29.2 Å². The number of piperidine rings is 1. The Labute approximate surface area is 144 Å². The Bertz CT molecular complexity index is 891. The van der Waals surface area contributed by atoms with Gasteiger partial charge in [0.05, 0.1) is 10.9 Å². The van der Waals surface area contributed by atoms with Gasteiger partial charge in [-0.2, -0.15) is 0 Å². The summed E-state index contributed by atoms with van der Waals surface area (Å²) in [6.45, 7) is 1.89. The first-order valence-electron chi connectivity index (χ1n) is 8.71. The van der Waals surface area contributed by atoms with E-state index >= 15 is 0 Å². The molecule has 1 atom stereocenters. The summed E-state index contributed by atoms with van der Waals surface area (Å²) in [5, 5.41) is 0.471. The number of hydrogen-bond acceptors (Lipinski definition) is 4. The van der Waals surface area contributed by atoms with Gasteiger partial charge in [-0.05, 0) is 31.4 Å². The molecule has 2 saturated heterocycles. The predicted octanol–water partition coefficient (Wildman–Crippen LogP) is 1.15. The topological polar surface area (TPSA) is 86.4 Å². The second kappa shape index (κ2) is 6.31. The zero-order chi connectivity index (χ0) is 17.4. The van der Waals surface area contributed by atoms with Crippen molar-refractivity contribution in [2.75, 3.05) is 19.6 Å². The molecule has 7 heteroatoms. The molecule has 0 saturated carbocycles. The highest BCUT2D eigenvalue weighted by atomic mass is 16.2. The number of likely N-dealkylation sites (tertiary alicyclic amines) is 2. The number of fused-ring (bicyclic) bond motifs is 1. The van der Waals surface area contributed by atoms with Crippen molar-refractivity contribution in [3.8, 4) is 0 Å². The van der Waals surface area contributed by atoms with Crippen molar-refractivity contribution in [1.82, 2.24) is 19.8 Å². The summed E-state index contributed by atoms with van der Waals surface area (Å²) in [7, 11) is 0. The molecule has 1 aromatic heterocycles. The third-order valence-electron chi connectivity index (χ3n) is 5.05. The zero-order valence-electron chi connectivity index (χ0n) is 13.9. The van der Waals surface area contributed by atoms with Gasteiger partial charge in [-0.1, -0.05) is 12.1 Å². The maximum Gasteiger partial charge on any atom is 0.289 e. The van der Waals surface area contributed by atoms with Gasteiger partial charge in [-0.25, -0.2) is 4.98 Å². The second-order valence-electron chi connectivity index (χ2n) is 6.67.